The summed E-state index contributed by atoms with van der Waals surface area (Å²) in [5.74, 6) is 0.660. The number of hydrogen-bond donors (Lipinski definition) is 0. The van der Waals surface area contributed by atoms with Gasteiger partial charge in [0.05, 0.1) is 5.88 Å². The second-order valence-electron chi connectivity index (χ2n) is 4.31. The van der Waals surface area contributed by atoms with Crippen LogP contribution in [-0.4, -0.2) is 25.8 Å². The SMILES string of the molecule is CN(C1CCCC1)S(=O)(=O)c1ccc(CCl)o1. The van der Waals surface area contributed by atoms with E-state index in [2.05, 4.69) is 0 Å². The first kappa shape index (κ1) is 12.9. The van der Waals surface area contributed by atoms with Crippen LogP contribution in [0.15, 0.2) is 21.6 Å². The van der Waals surface area contributed by atoms with E-state index in [1.807, 2.05) is 0 Å². The van der Waals surface area contributed by atoms with Crippen LogP contribution >= 0.6 is 11.6 Å². The number of hydrogen-bond acceptors (Lipinski definition) is 3. The number of furan rings is 1. The van der Waals surface area contributed by atoms with Crippen molar-refractivity contribution in [3.05, 3.63) is 17.9 Å². The van der Waals surface area contributed by atoms with Crippen molar-refractivity contribution in [3.63, 3.8) is 0 Å². The van der Waals surface area contributed by atoms with Gasteiger partial charge in [0.2, 0.25) is 5.09 Å². The van der Waals surface area contributed by atoms with Crippen molar-refractivity contribution in [2.24, 2.45) is 0 Å². The highest BCUT2D eigenvalue weighted by molar-refractivity contribution is 7.89. The number of rotatable bonds is 4. The van der Waals surface area contributed by atoms with Crippen LogP contribution < -0.4 is 0 Å². The third-order valence-corrected chi connectivity index (χ3v) is 5.29. The molecule has 1 aliphatic carbocycles. The lowest BCUT2D eigenvalue weighted by atomic mass is 10.3. The quantitative estimate of drug-likeness (QED) is 0.795. The topological polar surface area (TPSA) is 50.5 Å². The van der Waals surface area contributed by atoms with Gasteiger partial charge in [0, 0.05) is 13.1 Å². The average Bonchev–Trinajstić information content (AvgIpc) is 2.98. The Balaban J connectivity index is 2.22. The Kier molecular flexibility index (Phi) is 3.80. The maximum absolute atomic E-state index is 12.2. The van der Waals surface area contributed by atoms with Crippen molar-refractivity contribution in [3.8, 4) is 0 Å². The molecule has 2 rings (SSSR count). The molecule has 1 aromatic heterocycles. The van der Waals surface area contributed by atoms with Crippen molar-refractivity contribution in [2.45, 2.75) is 42.7 Å². The van der Waals surface area contributed by atoms with Crippen molar-refractivity contribution in [1.29, 1.82) is 0 Å². The lowest BCUT2D eigenvalue weighted by Gasteiger charge is -2.22. The first-order chi connectivity index (χ1) is 8.05. The highest BCUT2D eigenvalue weighted by Crippen LogP contribution is 2.28. The van der Waals surface area contributed by atoms with Gasteiger partial charge in [-0.05, 0) is 25.0 Å². The Morgan fingerprint density at radius 3 is 2.59 bits per heavy atom. The summed E-state index contributed by atoms with van der Waals surface area (Å²) in [5, 5.41) is -0.0115. The van der Waals surface area contributed by atoms with Gasteiger partial charge in [-0.1, -0.05) is 12.8 Å². The second-order valence-corrected chi connectivity index (χ2v) is 6.51. The Morgan fingerprint density at radius 2 is 2.06 bits per heavy atom. The van der Waals surface area contributed by atoms with E-state index >= 15 is 0 Å². The number of sulfonamides is 1. The normalized spacial score (nSPS) is 18.1. The molecule has 1 aliphatic rings. The maximum atomic E-state index is 12.2. The molecule has 0 aromatic carbocycles. The van der Waals surface area contributed by atoms with Gasteiger partial charge in [0.15, 0.2) is 0 Å². The minimum absolute atomic E-state index is 0.0115. The summed E-state index contributed by atoms with van der Waals surface area (Å²) in [6, 6.07) is 3.17. The standard InChI is InChI=1S/C11H16ClNO3S/c1-13(9-4-2-3-5-9)17(14,15)11-7-6-10(8-12)16-11/h6-7,9H,2-5,8H2,1H3. The summed E-state index contributed by atoms with van der Waals surface area (Å²) in [4.78, 5) is 0. The highest BCUT2D eigenvalue weighted by atomic mass is 35.5. The van der Waals surface area contributed by atoms with Gasteiger partial charge in [-0.15, -0.1) is 11.6 Å². The summed E-state index contributed by atoms with van der Waals surface area (Å²) in [6.45, 7) is 0. The lowest BCUT2D eigenvalue weighted by Crippen LogP contribution is -2.34. The molecule has 0 atom stereocenters. The summed E-state index contributed by atoms with van der Waals surface area (Å²) < 4.78 is 31.1. The zero-order valence-electron chi connectivity index (χ0n) is 9.73. The molecular formula is C11H16ClNO3S. The lowest BCUT2D eigenvalue weighted by molar-refractivity contribution is 0.348. The first-order valence-corrected chi connectivity index (χ1v) is 7.66. The summed E-state index contributed by atoms with van der Waals surface area (Å²) in [7, 11) is -1.88. The first-order valence-electron chi connectivity index (χ1n) is 5.68. The zero-order valence-corrected chi connectivity index (χ0v) is 11.3. The predicted molar refractivity (Wildman–Crippen MR) is 65.5 cm³/mol. The number of nitrogens with zero attached hydrogens (tertiary/aromatic N) is 1. The van der Waals surface area contributed by atoms with Crippen LogP contribution in [0.3, 0.4) is 0 Å². The number of alkyl halides is 1. The van der Waals surface area contributed by atoms with E-state index < -0.39 is 10.0 Å². The zero-order chi connectivity index (χ0) is 12.5. The van der Waals surface area contributed by atoms with Gasteiger partial charge in [0.1, 0.15) is 5.76 Å². The van der Waals surface area contributed by atoms with E-state index in [0.29, 0.717) is 5.76 Å². The van der Waals surface area contributed by atoms with E-state index in [1.165, 1.54) is 10.4 Å². The van der Waals surface area contributed by atoms with E-state index in [-0.39, 0.29) is 17.0 Å². The molecule has 0 amide bonds. The van der Waals surface area contributed by atoms with Crippen molar-refractivity contribution in [2.75, 3.05) is 7.05 Å². The minimum atomic E-state index is -3.50. The third kappa shape index (κ3) is 2.51. The molecule has 1 aromatic rings. The highest BCUT2D eigenvalue weighted by Gasteiger charge is 2.32. The van der Waals surface area contributed by atoms with Crippen LogP contribution in [0.5, 0.6) is 0 Å². The van der Waals surface area contributed by atoms with E-state index in [0.717, 1.165) is 25.7 Å². The average molecular weight is 278 g/mol. The van der Waals surface area contributed by atoms with Crippen molar-refractivity contribution >= 4 is 21.6 Å². The van der Waals surface area contributed by atoms with Crippen LogP contribution in [-0.2, 0) is 15.9 Å². The van der Waals surface area contributed by atoms with Gasteiger partial charge >= 0.3 is 0 Å². The van der Waals surface area contributed by atoms with E-state index in [4.69, 9.17) is 16.0 Å². The monoisotopic (exact) mass is 277 g/mol. The van der Waals surface area contributed by atoms with E-state index in [1.54, 1.807) is 13.1 Å². The molecule has 1 saturated carbocycles. The Morgan fingerprint density at radius 1 is 1.41 bits per heavy atom. The second kappa shape index (κ2) is 5.00. The molecule has 6 heteroatoms. The molecule has 0 N–H and O–H groups in total. The Bertz CT molecular complexity index is 477. The molecule has 0 bridgehead atoms. The smallest absolute Gasteiger partial charge is 0.276 e. The Labute approximate surface area is 107 Å². The summed E-state index contributed by atoms with van der Waals surface area (Å²) in [6.07, 6.45) is 4.04. The molecule has 0 radical (unpaired) electrons. The predicted octanol–water partition coefficient (Wildman–Crippen LogP) is 2.58. The van der Waals surface area contributed by atoms with Gasteiger partial charge in [0.25, 0.3) is 10.0 Å². The minimum Gasteiger partial charge on any atom is -0.447 e. The van der Waals surface area contributed by atoms with Crippen molar-refractivity contribution in [1.82, 2.24) is 4.31 Å². The maximum Gasteiger partial charge on any atom is 0.276 e. The summed E-state index contributed by atoms with van der Waals surface area (Å²) >= 11 is 5.59. The molecule has 1 fully saturated rings. The molecule has 0 saturated heterocycles. The largest absolute Gasteiger partial charge is 0.447 e. The molecular weight excluding hydrogens is 262 g/mol. The van der Waals surface area contributed by atoms with Gasteiger partial charge in [-0.3, -0.25) is 0 Å². The fraction of sp³-hybridized carbons (Fsp3) is 0.636. The Hall–Kier alpha value is -0.520. The number of halogens is 1. The molecule has 0 spiro atoms. The van der Waals surface area contributed by atoms with Gasteiger partial charge in [-0.25, -0.2) is 8.42 Å². The van der Waals surface area contributed by atoms with Crippen LogP contribution in [0.2, 0.25) is 0 Å². The fourth-order valence-corrected chi connectivity index (χ4v) is 3.66. The van der Waals surface area contributed by atoms with Gasteiger partial charge in [-0.2, -0.15) is 4.31 Å². The van der Waals surface area contributed by atoms with Crippen LogP contribution in [0, 0.1) is 0 Å². The fourth-order valence-electron chi connectivity index (χ4n) is 2.17. The molecule has 17 heavy (non-hydrogen) atoms. The molecule has 1 heterocycles. The van der Waals surface area contributed by atoms with E-state index in [9.17, 15) is 8.42 Å². The van der Waals surface area contributed by atoms with Crippen molar-refractivity contribution < 1.29 is 12.8 Å². The molecule has 4 nitrogen and oxygen atoms in total. The third-order valence-electron chi connectivity index (χ3n) is 3.24. The molecule has 96 valence electrons. The molecule has 0 aliphatic heterocycles. The van der Waals surface area contributed by atoms with Crippen LogP contribution in [0.1, 0.15) is 31.4 Å². The van der Waals surface area contributed by atoms with Crippen LogP contribution in [0.4, 0.5) is 0 Å². The van der Waals surface area contributed by atoms with Crippen LogP contribution in [0.25, 0.3) is 0 Å². The van der Waals surface area contributed by atoms with Gasteiger partial charge < -0.3 is 4.42 Å². The summed E-state index contributed by atoms with van der Waals surface area (Å²) in [5.41, 5.74) is 0. The molecule has 0 unspecified atom stereocenters.